The average molecular weight is 365 g/mol. The molecule has 0 heterocycles. The standard InChI is InChI=1S/C14H10BrClF3N/c15-11-6-3-9(7-12(11)16)13(20)8-1-4-10(5-2-8)14(17,18)19/h1-7,13H,20H2. The average Bonchev–Trinajstić information content (AvgIpc) is 2.40. The Bertz CT molecular complexity index is 611. The largest absolute Gasteiger partial charge is 0.416 e. The van der Waals surface area contributed by atoms with Crippen LogP contribution in [0.5, 0.6) is 0 Å². The van der Waals surface area contributed by atoms with E-state index in [1.807, 2.05) is 0 Å². The fraction of sp³-hybridized carbons (Fsp3) is 0.143. The van der Waals surface area contributed by atoms with Gasteiger partial charge < -0.3 is 5.73 Å². The van der Waals surface area contributed by atoms with E-state index in [1.54, 1.807) is 18.2 Å². The van der Waals surface area contributed by atoms with Crippen molar-refractivity contribution in [1.82, 2.24) is 0 Å². The van der Waals surface area contributed by atoms with Gasteiger partial charge in [-0.05, 0) is 51.3 Å². The quantitative estimate of drug-likeness (QED) is 0.782. The highest BCUT2D eigenvalue weighted by Crippen LogP contribution is 2.31. The van der Waals surface area contributed by atoms with Crippen LogP contribution in [0.1, 0.15) is 22.7 Å². The smallest absolute Gasteiger partial charge is 0.320 e. The van der Waals surface area contributed by atoms with Gasteiger partial charge in [-0.3, -0.25) is 0 Å². The van der Waals surface area contributed by atoms with E-state index in [9.17, 15) is 13.2 Å². The van der Waals surface area contributed by atoms with Gasteiger partial charge in [0.25, 0.3) is 0 Å². The molecule has 0 saturated carbocycles. The molecule has 2 rings (SSSR count). The summed E-state index contributed by atoms with van der Waals surface area (Å²) in [6.45, 7) is 0. The SMILES string of the molecule is NC(c1ccc(C(F)(F)F)cc1)c1ccc(Br)c(Cl)c1. The van der Waals surface area contributed by atoms with Gasteiger partial charge in [-0.15, -0.1) is 0 Å². The van der Waals surface area contributed by atoms with Crippen LogP contribution in [-0.4, -0.2) is 0 Å². The molecule has 0 amide bonds. The second-order valence-corrected chi connectivity index (χ2v) is 5.53. The normalized spacial score (nSPS) is 13.3. The van der Waals surface area contributed by atoms with Gasteiger partial charge in [0.15, 0.2) is 0 Å². The van der Waals surface area contributed by atoms with Gasteiger partial charge in [0.1, 0.15) is 0 Å². The first kappa shape index (κ1) is 15.4. The number of hydrogen-bond donors (Lipinski definition) is 1. The maximum Gasteiger partial charge on any atom is 0.416 e. The van der Waals surface area contributed by atoms with Crippen molar-refractivity contribution in [3.8, 4) is 0 Å². The lowest BCUT2D eigenvalue weighted by Gasteiger charge is -2.14. The van der Waals surface area contributed by atoms with Gasteiger partial charge in [0.2, 0.25) is 0 Å². The highest BCUT2D eigenvalue weighted by Gasteiger charge is 2.30. The first-order chi connectivity index (χ1) is 9.29. The third-order valence-corrected chi connectivity index (χ3v) is 4.13. The Hall–Kier alpha value is -1.04. The first-order valence-electron chi connectivity index (χ1n) is 5.66. The summed E-state index contributed by atoms with van der Waals surface area (Å²) in [4.78, 5) is 0. The zero-order valence-electron chi connectivity index (χ0n) is 10.1. The molecule has 1 nitrogen and oxygen atoms in total. The number of rotatable bonds is 2. The summed E-state index contributed by atoms with van der Waals surface area (Å²) in [6, 6.07) is 9.49. The van der Waals surface area contributed by atoms with Crippen molar-refractivity contribution in [3.05, 3.63) is 68.7 Å². The summed E-state index contributed by atoms with van der Waals surface area (Å²) in [6.07, 6.45) is -4.34. The number of halogens is 5. The topological polar surface area (TPSA) is 26.0 Å². The van der Waals surface area contributed by atoms with Crippen molar-refractivity contribution in [1.29, 1.82) is 0 Å². The lowest BCUT2D eigenvalue weighted by atomic mass is 9.98. The Morgan fingerprint density at radius 2 is 1.55 bits per heavy atom. The van der Waals surface area contributed by atoms with Crippen LogP contribution in [0.25, 0.3) is 0 Å². The summed E-state index contributed by atoms with van der Waals surface area (Å²) in [5.41, 5.74) is 6.67. The number of alkyl halides is 3. The molecule has 0 fully saturated rings. The molecule has 6 heteroatoms. The van der Waals surface area contributed by atoms with Gasteiger partial charge in [-0.25, -0.2) is 0 Å². The lowest BCUT2D eigenvalue weighted by Crippen LogP contribution is -2.12. The molecule has 20 heavy (non-hydrogen) atoms. The Labute approximate surface area is 127 Å². The minimum Gasteiger partial charge on any atom is -0.320 e. The van der Waals surface area contributed by atoms with Crippen LogP contribution < -0.4 is 5.73 Å². The summed E-state index contributed by atoms with van der Waals surface area (Å²) in [5.74, 6) is 0. The van der Waals surface area contributed by atoms with E-state index in [1.165, 1.54) is 12.1 Å². The molecule has 0 aromatic heterocycles. The van der Waals surface area contributed by atoms with Crippen molar-refractivity contribution in [2.45, 2.75) is 12.2 Å². The van der Waals surface area contributed by atoms with Gasteiger partial charge in [0, 0.05) is 4.47 Å². The number of nitrogens with two attached hydrogens (primary N) is 1. The fourth-order valence-corrected chi connectivity index (χ4v) is 2.21. The molecule has 106 valence electrons. The zero-order valence-corrected chi connectivity index (χ0v) is 12.4. The van der Waals surface area contributed by atoms with Crippen LogP contribution in [0.4, 0.5) is 13.2 Å². The summed E-state index contributed by atoms with van der Waals surface area (Å²) < 4.78 is 38.2. The molecular formula is C14H10BrClF3N. The van der Waals surface area contributed by atoms with Gasteiger partial charge >= 0.3 is 6.18 Å². The Balaban J connectivity index is 2.29. The third kappa shape index (κ3) is 3.34. The lowest BCUT2D eigenvalue weighted by molar-refractivity contribution is -0.137. The molecule has 0 bridgehead atoms. The molecule has 0 aliphatic rings. The highest BCUT2D eigenvalue weighted by molar-refractivity contribution is 9.10. The number of benzene rings is 2. The maximum atomic E-state index is 12.5. The van der Waals surface area contributed by atoms with Crippen LogP contribution >= 0.6 is 27.5 Å². The Morgan fingerprint density at radius 1 is 1.00 bits per heavy atom. The van der Waals surface area contributed by atoms with E-state index in [2.05, 4.69) is 15.9 Å². The predicted molar refractivity (Wildman–Crippen MR) is 76.6 cm³/mol. The van der Waals surface area contributed by atoms with Crippen molar-refractivity contribution in [3.63, 3.8) is 0 Å². The second-order valence-electron chi connectivity index (χ2n) is 4.27. The molecule has 1 atom stereocenters. The van der Waals surface area contributed by atoms with Gasteiger partial charge in [-0.1, -0.05) is 29.8 Å². The molecular weight excluding hydrogens is 355 g/mol. The minimum atomic E-state index is -4.34. The molecule has 0 aliphatic heterocycles. The van der Waals surface area contributed by atoms with Crippen LogP contribution in [0, 0.1) is 0 Å². The minimum absolute atomic E-state index is 0.505. The first-order valence-corrected chi connectivity index (χ1v) is 6.84. The van der Waals surface area contributed by atoms with Crippen LogP contribution in [-0.2, 0) is 6.18 Å². The zero-order chi connectivity index (χ0) is 14.9. The Kier molecular flexibility index (Phi) is 4.42. The third-order valence-electron chi connectivity index (χ3n) is 2.90. The van der Waals surface area contributed by atoms with Crippen LogP contribution in [0.3, 0.4) is 0 Å². The van der Waals surface area contributed by atoms with Crippen molar-refractivity contribution >= 4 is 27.5 Å². The monoisotopic (exact) mass is 363 g/mol. The molecule has 0 spiro atoms. The van der Waals surface area contributed by atoms with E-state index in [-0.39, 0.29) is 0 Å². The van der Waals surface area contributed by atoms with Gasteiger partial charge in [-0.2, -0.15) is 13.2 Å². The Morgan fingerprint density at radius 3 is 2.05 bits per heavy atom. The molecule has 0 aliphatic carbocycles. The molecule has 0 radical (unpaired) electrons. The maximum absolute atomic E-state index is 12.5. The van der Waals surface area contributed by atoms with Crippen molar-refractivity contribution < 1.29 is 13.2 Å². The van der Waals surface area contributed by atoms with Crippen molar-refractivity contribution in [2.75, 3.05) is 0 Å². The number of hydrogen-bond acceptors (Lipinski definition) is 1. The summed E-state index contributed by atoms with van der Waals surface area (Å²) in [7, 11) is 0. The highest BCUT2D eigenvalue weighted by atomic mass is 79.9. The molecule has 2 N–H and O–H groups in total. The van der Waals surface area contributed by atoms with E-state index in [0.717, 1.165) is 22.2 Å². The van der Waals surface area contributed by atoms with Gasteiger partial charge in [0.05, 0.1) is 16.6 Å². The molecule has 2 aromatic rings. The van der Waals surface area contributed by atoms with E-state index in [4.69, 9.17) is 17.3 Å². The van der Waals surface area contributed by atoms with E-state index in [0.29, 0.717) is 10.6 Å². The fourth-order valence-electron chi connectivity index (χ4n) is 1.78. The van der Waals surface area contributed by atoms with E-state index < -0.39 is 17.8 Å². The van der Waals surface area contributed by atoms with E-state index >= 15 is 0 Å². The summed E-state index contributed by atoms with van der Waals surface area (Å²) in [5, 5.41) is 0.505. The summed E-state index contributed by atoms with van der Waals surface area (Å²) >= 11 is 9.25. The van der Waals surface area contributed by atoms with Crippen LogP contribution in [0.2, 0.25) is 5.02 Å². The van der Waals surface area contributed by atoms with Crippen LogP contribution in [0.15, 0.2) is 46.9 Å². The molecule has 0 saturated heterocycles. The van der Waals surface area contributed by atoms with Crippen molar-refractivity contribution in [2.24, 2.45) is 5.73 Å². The second kappa shape index (κ2) is 5.76. The molecule has 1 unspecified atom stereocenters. The molecule has 2 aromatic carbocycles. The predicted octanol–water partition coefficient (Wildman–Crippen LogP) is 5.17.